The van der Waals surface area contributed by atoms with Gasteiger partial charge < -0.3 is 5.73 Å². The monoisotopic (exact) mass is 279 g/mol. The van der Waals surface area contributed by atoms with Crippen LogP contribution in [0.3, 0.4) is 0 Å². The first-order valence-electron chi connectivity index (χ1n) is 7.68. The second-order valence-corrected chi connectivity index (χ2v) is 6.45. The van der Waals surface area contributed by atoms with Crippen LogP contribution in [0.5, 0.6) is 0 Å². The Morgan fingerprint density at radius 2 is 1.74 bits per heavy atom. The van der Waals surface area contributed by atoms with Crippen molar-refractivity contribution in [2.24, 2.45) is 5.73 Å². The number of benzene rings is 1. The molecule has 0 aliphatic rings. The van der Waals surface area contributed by atoms with Gasteiger partial charge in [-0.05, 0) is 25.0 Å². The van der Waals surface area contributed by atoms with E-state index in [1.165, 1.54) is 55.4 Å². The van der Waals surface area contributed by atoms with Gasteiger partial charge in [0.15, 0.2) is 0 Å². The van der Waals surface area contributed by atoms with Crippen molar-refractivity contribution in [2.75, 3.05) is 5.75 Å². The number of hydrogen-bond donors (Lipinski definition) is 1. The maximum absolute atomic E-state index is 6.19. The zero-order valence-electron chi connectivity index (χ0n) is 12.5. The second-order valence-electron chi connectivity index (χ2n) is 5.39. The zero-order valence-corrected chi connectivity index (χ0v) is 13.3. The van der Waals surface area contributed by atoms with E-state index in [9.17, 15) is 0 Å². The van der Waals surface area contributed by atoms with Gasteiger partial charge >= 0.3 is 0 Å². The minimum absolute atomic E-state index is 0.343. The third kappa shape index (κ3) is 7.64. The number of nitrogens with two attached hydrogens (primary N) is 1. The van der Waals surface area contributed by atoms with E-state index in [0.29, 0.717) is 6.04 Å². The Labute approximate surface area is 123 Å². The number of aryl methyl sites for hydroxylation is 1. The smallest absolute Gasteiger partial charge is 0.0133 e. The molecular weight excluding hydrogens is 250 g/mol. The number of thioether (sulfide) groups is 1. The highest BCUT2D eigenvalue weighted by Crippen LogP contribution is 2.23. The molecule has 1 aromatic carbocycles. The van der Waals surface area contributed by atoms with Gasteiger partial charge in [0.25, 0.3) is 0 Å². The van der Waals surface area contributed by atoms with Gasteiger partial charge in [0.1, 0.15) is 0 Å². The molecule has 0 spiro atoms. The van der Waals surface area contributed by atoms with Gasteiger partial charge in [-0.1, -0.05) is 63.6 Å². The van der Waals surface area contributed by atoms with Crippen LogP contribution in [0.1, 0.15) is 57.4 Å². The summed E-state index contributed by atoms with van der Waals surface area (Å²) in [5.41, 5.74) is 7.55. The van der Waals surface area contributed by atoms with Crippen LogP contribution < -0.4 is 5.73 Å². The molecule has 0 aromatic heterocycles. The van der Waals surface area contributed by atoms with Gasteiger partial charge in [-0.2, -0.15) is 0 Å². The summed E-state index contributed by atoms with van der Waals surface area (Å²) < 4.78 is 0. The highest BCUT2D eigenvalue weighted by Gasteiger charge is 2.05. The first-order chi connectivity index (χ1) is 9.24. The largest absolute Gasteiger partial charge is 0.327 e. The molecule has 0 saturated carbocycles. The van der Waals surface area contributed by atoms with Crippen LogP contribution >= 0.6 is 11.8 Å². The molecule has 1 unspecified atom stereocenters. The number of rotatable bonds is 10. The van der Waals surface area contributed by atoms with Crippen molar-refractivity contribution in [3.8, 4) is 0 Å². The minimum Gasteiger partial charge on any atom is -0.327 e. The molecule has 2 N–H and O–H groups in total. The van der Waals surface area contributed by atoms with Crippen molar-refractivity contribution in [2.45, 2.75) is 69.7 Å². The minimum atomic E-state index is 0.343. The van der Waals surface area contributed by atoms with Crippen molar-refractivity contribution >= 4 is 11.8 Å². The zero-order chi connectivity index (χ0) is 13.9. The van der Waals surface area contributed by atoms with Crippen LogP contribution in [0.25, 0.3) is 0 Å². The Hall–Kier alpha value is -0.470. The second kappa shape index (κ2) is 10.3. The first kappa shape index (κ1) is 16.6. The fourth-order valence-corrected chi connectivity index (χ4v) is 3.22. The van der Waals surface area contributed by atoms with E-state index in [2.05, 4.69) is 38.1 Å². The molecule has 0 bridgehead atoms. The molecule has 108 valence electrons. The van der Waals surface area contributed by atoms with Crippen molar-refractivity contribution in [1.29, 1.82) is 0 Å². The molecular formula is C17H29NS. The SMILES string of the molecule is CCCCCCCCC(N)CSc1ccccc1C. The number of hydrogen-bond acceptors (Lipinski definition) is 2. The molecule has 0 aliphatic heterocycles. The molecule has 19 heavy (non-hydrogen) atoms. The lowest BCUT2D eigenvalue weighted by atomic mass is 10.1. The molecule has 0 amide bonds. The van der Waals surface area contributed by atoms with Crippen molar-refractivity contribution in [1.82, 2.24) is 0 Å². The average Bonchev–Trinajstić information content (AvgIpc) is 2.42. The molecule has 1 nitrogen and oxygen atoms in total. The van der Waals surface area contributed by atoms with E-state index >= 15 is 0 Å². The van der Waals surface area contributed by atoms with E-state index in [1.54, 1.807) is 0 Å². The first-order valence-corrected chi connectivity index (χ1v) is 8.66. The summed E-state index contributed by atoms with van der Waals surface area (Å²) in [5.74, 6) is 1.04. The summed E-state index contributed by atoms with van der Waals surface area (Å²) in [6, 6.07) is 8.90. The van der Waals surface area contributed by atoms with Gasteiger partial charge in [-0.25, -0.2) is 0 Å². The Morgan fingerprint density at radius 1 is 1.05 bits per heavy atom. The lowest BCUT2D eigenvalue weighted by Gasteiger charge is -2.12. The van der Waals surface area contributed by atoms with E-state index in [4.69, 9.17) is 5.73 Å². The average molecular weight is 279 g/mol. The van der Waals surface area contributed by atoms with Gasteiger partial charge in [-0.3, -0.25) is 0 Å². The quantitative estimate of drug-likeness (QED) is 0.472. The maximum Gasteiger partial charge on any atom is 0.0133 e. The van der Waals surface area contributed by atoms with E-state index in [1.807, 2.05) is 11.8 Å². The Balaban J connectivity index is 2.08. The number of unbranched alkanes of at least 4 members (excludes halogenated alkanes) is 5. The molecule has 0 radical (unpaired) electrons. The predicted octanol–water partition coefficient (Wildman–Crippen LogP) is 5.17. The molecule has 0 fully saturated rings. The van der Waals surface area contributed by atoms with Crippen LogP contribution in [-0.4, -0.2) is 11.8 Å². The lowest BCUT2D eigenvalue weighted by molar-refractivity contribution is 0.557. The molecule has 0 heterocycles. The van der Waals surface area contributed by atoms with Crippen LogP contribution in [0, 0.1) is 6.92 Å². The third-order valence-electron chi connectivity index (χ3n) is 3.47. The van der Waals surface area contributed by atoms with E-state index in [0.717, 1.165) is 5.75 Å². The van der Waals surface area contributed by atoms with Crippen molar-refractivity contribution in [3.63, 3.8) is 0 Å². The highest BCUT2D eigenvalue weighted by molar-refractivity contribution is 7.99. The fraction of sp³-hybridized carbons (Fsp3) is 0.647. The van der Waals surface area contributed by atoms with Crippen LogP contribution in [-0.2, 0) is 0 Å². The molecule has 0 saturated heterocycles. The summed E-state index contributed by atoms with van der Waals surface area (Å²) in [7, 11) is 0. The molecule has 1 aromatic rings. The summed E-state index contributed by atoms with van der Waals surface area (Å²) in [4.78, 5) is 1.38. The van der Waals surface area contributed by atoms with Crippen LogP contribution in [0.4, 0.5) is 0 Å². The highest BCUT2D eigenvalue weighted by atomic mass is 32.2. The third-order valence-corrected chi connectivity index (χ3v) is 4.84. The normalized spacial score (nSPS) is 12.6. The topological polar surface area (TPSA) is 26.0 Å². The van der Waals surface area contributed by atoms with Crippen molar-refractivity contribution in [3.05, 3.63) is 29.8 Å². The summed E-state index contributed by atoms with van der Waals surface area (Å²) in [6.07, 6.45) is 9.30. The Morgan fingerprint density at radius 3 is 2.47 bits per heavy atom. The summed E-state index contributed by atoms with van der Waals surface area (Å²) >= 11 is 1.90. The fourth-order valence-electron chi connectivity index (χ4n) is 2.19. The summed E-state index contributed by atoms with van der Waals surface area (Å²) in [6.45, 7) is 4.43. The van der Waals surface area contributed by atoms with Gasteiger partial charge in [-0.15, -0.1) is 11.8 Å². The van der Waals surface area contributed by atoms with Crippen LogP contribution in [0.15, 0.2) is 29.2 Å². The Bertz CT molecular complexity index is 338. The van der Waals surface area contributed by atoms with Gasteiger partial charge in [0.05, 0.1) is 0 Å². The molecule has 1 rings (SSSR count). The summed E-state index contributed by atoms with van der Waals surface area (Å²) in [5, 5.41) is 0. The predicted molar refractivity (Wildman–Crippen MR) is 87.9 cm³/mol. The van der Waals surface area contributed by atoms with Crippen molar-refractivity contribution < 1.29 is 0 Å². The standard InChI is InChI=1S/C17H29NS/c1-3-4-5-6-7-8-12-16(18)14-19-17-13-10-9-11-15(17)2/h9-11,13,16H,3-8,12,14,18H2,1-2H3. The van der Waals surface area contributed by atoms with E-state index < -0.39 is 0 Å². The van der Waals surface area contributed by atoms with Crippen LogP contribution in [0.2, 0.25) is 0 Å². The molecule has 1 atom stereocenters. The Kier molecular flexibility index (Phi) is 9.02. The maximum atomic E-state index is 6.19. The van der Waals surface area contributed by atoms with Gasteiger partial charge in [0.2, 0.25) is 0 Å². The molecule has 0 aliphatic carbocycles. The molecule has 2 heteroatoms. The van der Waals surface area contributed by atoms with E-state index in [-0.39, 0.29) is 0 Å². The lowest BCUT2D eigenvalue weighted by Crippen LogP contribution is -2.22. The van der Waals surface area contributed by atoms with Gasteiger partial charge in [0, 0.05) is 16.7 Å².